The molecule has 2 heteroatoms. The standard InChI is InChI=1S/C14H21NS/c1-11-6-2-3-7-12(11)10-16-14-9-5-4-8-13(14)15/h2-3,6-7,13-14H,4-5,8-10,15H2,1H3. The van der Waals surface area contributed by atoms with E-state index in [2.05, 4.69) is 31.2 Å². The summed E-state index contributed by atoms with van der Waals surface area (Å²) in [5, 5.41) is 0.674. The third-order valence-electron chi connectivity index (χ3n) is 3.47. The van der Waals surface area contributed by atoms with E-state index in [1.807, 2.05) is 11.8 Å². The number of thioether (sulfide) groups is 1. The third-order valence-corrected chi connectivity index (χ3v) is 4.96. The van der Waals surface area contributed by atoms with E-state index in [-0.39, 0.29) is 0 Å². The second-order valence-corrected chi connectivity index (χ2v) is 5.95. The van der Waals surface area contributed by atoms with Gasteiger partial charge in [0.15, 0.2) is 0 Å². The van der Waals surface area contributed by atoms with Crippen LogP contribution in [-0.2, 0) is 5.75 Å². The summed E-state index contributed by atoms with van der Waals surface area (Å²) in [6.45, 7) is 2.19. The van der Waals surface area contributed by atoms with Crippen molar-refractivity contribution in [2.75, 3.05) is 0 Å². The van der Waals surface area contributed by atoms with E-state index in [1.54, 1.807) is 0 Å². The average Bonchev–Trinajstić information content (AvgIpc) is 2.30. The van der Waals surface area contributed by atoms with Crippen LogP contribution >= 0.6 is 11.8 Å². The summed E-state index contributed by atoms with van der Waals surface area (Å²) in [5.74, 6) is 1.12. The molecule has 0 heterocycles. The first kappa shape index (κ1) is 12.0. The van der Waals surface area contributed by atoms with Crippen LogP contribution in [0.15, 0.2) is 24.3 Å². The maximum Gasteiger partial charge on any atom is 0.0202 e. The molecule has 0 spiro atoms. The van der Waals surface area contributed by atoms with Crippen molar-refractivity contribution in [1.82, 2.24) is 0 Å². The summed E-state index contributed by atoms with van der Waals surface area (Å²) in [7, 11) is 0. The summed E-state index contributed by atoms with van der Waals surface area (Å²) < 4.78 is 0. The topological polar surface area (TPSA) is 26.0 Å². The molecule has 16 heavy (non-hydrogen) atoms. The van der Waals surface area contributed by atoms with Gasteiger partial charge in [-0.05, 0) is 30.9 Å². The molecule has 0 amide bonds. The fourth-order valence-corrected chi connectivity index (χ4v) is 3.74. The van der Waals surface area contributed by atoms with Gasteiger partial charge in [-0.15, -0.1) is 0 Å². The Labute approximate surface area is 103 Å². The molecule has 2 unspecified atom stereocenters. The quantitative estimate of drug-likeness (QED) is 0.868. The van der Waals surface area contributed by atoms with E-state index in [9.17, 15) is 0 Å². The minimum absolute atomic E-state index is 0.419. The number of hydrogen-bond donors (Lipinski definition) is 1. The van der Waals surface area contributed by atoms with Gasteiger partial charge in [0.1, 0.15) is 0 Å². The van der Waals surface area contributed by atoms with Gasteiger partial charge in [0.25, 0.3) is 0 Å². The van der Waals surface area contributed by atoms with Crippen LogP contribution in [0.2, 0.25) is 0 Å². The highest BCUT2D eigenvalue weighted by Crippen LogP contribution is 2.30. The van der Waals surface area contributed by atoms with Crippen LogP contribution in [0.25, 0.3) is 0 Å². The zero-order valence-electron chi connectivity index (χ0n) is 9.99. The number of hydrogen-bond acceptors (Lipinski definition) is 2. The maximum atomic E-state index is 6.16. The van der Waals surface area contributed by atoms with Crippen molar-refractivity contribution >= 4 is 11.8 Å². The summed E-state index contributed by atoms with van der Waals surface area (Å²) in [5.41, 5.74) is 9.03. The van der Waals surface area contributed by atoms with Crippen molar-refractivity contribution in [2.24, 2.45) is 5.73 Å². The molecule has 1 saturated carbocycles. The van der Waals surface area contributed by atoms with Crippen molar-refractivity contribution in [1.29, 1.82) is 0 Å². The van der Waals surface area contributed by atoms with Crippen LogP contribution in [0.1, 0.15) is 36.8 Å². The number of aryl methyl sites for hydroxylation is 1. The van der Waals surface area contributed by atoms with Crippen molar-refractivity contribution in [2.45, 2.75) is 49.7 Å². The van der Waals surface area contributed by atoms with Gasteiger partial charge in [0.2, 0.25) is 0 Å². The van der Waals surface area contributed by atoms with Crippen LogP contribution in [0.4, 0.5) is 0 Å². The molecule has 1 aliphatic carbocycles. The number of nitrogens with two attached hydrogens (primary N) is 1. The minimum atomic E-state index is 0.419. The highest BCUT2D eigenvalue weighted by atomic mass is 32.2. The molecule has 0 saturated heterocycles. The highest BCUT2D eigenvalue weighted by Gasteiger charge is 2.21. The molecule has 1 nitrogen and oxygen atoms in total. The Morgan fingerprint density at radius 1 is 1.25 bits per heavy atom. The first-order valence-corrected chi connectivity index (χ1v) is 7.24. The van der Waals surface area contributed by atoms with Crippen LogP contribution < -0.4 is 5.73 Å². The summed E-state index contributed by atoms with van der Waals surface area (Å²) in [4.78, 5) is 0. The van der Waals surface area contributed by atoms with E-state index >= 15 is 0 Å². The molecule has 0 aliphatic heterocycles. The first-order valence-electron chi connectivity index (χ1n) is 6.19. The molecule has 1 aliphatic rings. The zero-order chi connectivity index (χ0) is 11.4. The molecule has 0 aromatic heterocycles. The van der Waals surface area contributed by atoms with Gasteiger partial charge in [-0.3, -0.25) is 0 Å². The highest BCUT2D eigenvalue weighted by molar-refractivity contribution is 7.99. The fraction of sp³-hybridized carbons (Fsp3) is 0.571. The van der Waals surface area contributed by atoms with Crippen molar-refractivity contribution in [3.05, 3.63) is 35.4 Å². The SMILES string of the molecule is Cc1ccccc1CSC1CCCCC1N. The first-order chi connectivity index (χ1) is 7.77. The van der Waals surface area contributed by atoms with Gasteiger partial charge in [-0.25, -0.2) is 0 Å². The fourth-order valence-electron chi connectivity index (χ4n) is 2.30. The van der Waals surface area contributed by atoms with Gasteiger partial charge in [-0.2, -0.15) is 11.8 Å². The van der Waals surface area contributed by atoms with E-state index in [4.69, 9.17) is 5.73 Å². The van der Waals surface area contributed by atoms with E-state index in [0.717, 1.165) is 5.75 Å². The van der Waals surface area contributed by atoms with Crippen LogP contribution in [0.5, 0.6) is 0 Å². The van der Waals surface area contributed by atoms with Gasteiger partial charge in [-0.1, -0.05) is 37.1 Å². The predicted molar refractivity (Wildman–Crippen MR) is 72.7 cm³/mol. The molecule has 0 bridgehead atoms. The second-order valence-electron chi connectivity index (χ2n) is 4.72. The summed E-state index contributed by atoms with van der Waals surface area (Å²) in [6, 6.07) is 9.08. The van der Waals surface area contributed by atoms with E-state index < -0.39 is 0 Å². The molecular weight excluding hydrogens is 214 g/mol. The smallest absolute Gasteiger partial charge is 0.0202 e. The van der Waals surface area contributed by atoms with Gasteiger partial charge >= 0.3 is 0 Å². The Balaban J connectivity index is 1.89. The molecule has 1 aromatic rings. The monoisotopic (exact) mass is 235 g/mol. The van der Waals surface area contributed by atoms with Gasteiger partial charge in [0.05, 0.1) is 0 Å². The lowest BCUT2D eigenvalue weighted by atomic mass is 9.96. The Hall–Kier alpha value is -0.470. The second kappa shape index (κ2) is 5.74. The summed E-state index contributed by atoms with van der Waals surface area (Å²) in [6.07, 6.45) is 5.20. The third kappa shape index (κ3) is 3.02. The number of benzene rings is 1. The predicted octanol–water partition coefficient (Wildman–Crippen LogP) is 3.50. The molecule has 2 atom stereocenters. The lowest BCUT2D eigenvalue weighted by Gasteiger charge is -2.28. The van der Waals surface area contributed by atoms with Gasteiger partial charge < -0.3 is 5.73 Å². The molecule has 1 fully saturated rings. The number of rotatable bonds is 3. The minimum Gasteiger partial charge on any atom is -0.327 e. The molecular formula is C14H21NS. The van der Waals surface area contributed by atoms with Crippen molar-refractivity contribution in [3.8, 4) is 0 Å². The van der Waals surface area contributed by atoms with E-state index in [1.165, 1.54) is 36.8 Å². The largest absolute Gasteiger partial charge is 0.327 e. The van der Waals surface area contributed by atoms with Crippen molar-refractivity contribution in [3.63, 3.8) is 0 Å². The lowest BCUT2D eigenvalue weighted by Crippen LogP contribution is -2.35. The van der Waals surface area contributed by atoms with Gasteiger partial charge in [0, 0.05) is 17.0 Å². The Morgan fingerprint density at radius 3 is 2.75 bits per heavy atom. The molecule has 2 rings (SSSR count). The molecule has 1 aromatic carbocycles. The Kier molecular flexibility index (Phi) is 4.30. The van der Waals surface area contributed by atoms with Crippen LogP contribution in [0, 0.1) is 6.92 Å². The van der Waals surface area contributed by atoms with Crippen LogP contribution in [0.3, 0.4) is 0 Å². The molecule has 2 N–H and O–H groups in total. The maximum absolute atomic E-state index is 6.16. The van der Waals surface area contributed by atoms with Crippen LogP contribution in [-0.4, -0.2) is 11.3 Å². The zero-order valence-corrected chi connectivity index (χ0v) is 10.8. The Morgan fingerprint density at radius 2 is 2.00 bits per heavy atom. The Bertz CT molecular complexity index is 337. The average molecular weight is 235 g/mol. The van der Waals surface area contributed by atoms with E-state index in [0.29, 0.717) is 11.3 Å². The lowest BCUT2D eigenvalue weighted by molar-refractivity contribution is 0.453. The summed E-state index contributed by atoms with van der Waals surface area (Å²) >= 11 is 2.05. The van der Waals surface area contributed by atoms with Crippen molar-refractivity contribution < 1.29 is 0 Å². The molecule has 0 radical (unpaired) electrons. The molecule has 88 valence electrons. The normalized spacial score (nSPS) is 25.6.